The lowest BCUT2D eigenvalue weighted by Gasteiger charge is -2.37. The predicted octanol–water partition coefficient (Wildman–Crippen LogP) is 2.48. The van der Waals surface area contributed by atoms with Gasteiger partial charge in [-0.15, -0.1) is 5.10 Å². The number of fused-ring (bicyclic) bond motifs is 1. The number of anilines is 2. The Morgan fingerprint density at radius 1 is 1.22 bits per heavy atom. The van der Waals surface area contributed by atoms with Crippen LogP contribution < -0.4 is 16.0 Å². The van der Waals surface area contributed by atoms with E-state index in [-0.39, 0.29) is 23.9 Å². The summed E-state index contributed by atoms with van der Waals surface area (Å²) in [7, 11) is 1.76. The molecule has 11 heteroatoms. The fourth-order valence-electron chi connectivity index (χ4n) is 5.17. The first-order chi connectivity index (χ1) is 20.0. The van der Waals surface area contributed by atoms with Crippen LogP contribution in [-0.2, 0) is 4.79 Å². The van der Waals surface area contributed by atoms with Gasteiger partial charge in [-0.3, -0.25) is 4.79 Å². The number of aliphatic hydroxyl groups excluding tert-OH is 1. The van der Waals surface area contributed by atoms with E-state index in [0.29, 0.717) is 37.3 Å². The molecule has 0 saturated carbocycles. The summed E-state index contributed by atoms with van der Waals surface area (Å²) in [5, 5.41) is 34.8. The number of allylic oxidation sites excluding steroid dienone is 1. The van der Waals surface area contributed by atoms with Crippen LogP contribution >= 0.6 is 0 Å². The number of carbonyl (C=O) groups is 1. The van der Waals surface area contributed by atoms with E-state index in [1.165, 1.54) is 6.21 Å². The van der Waals surface area contributed by atoms with Crippen molar-refractivity contribution in [1.29, 1.82) is 10.7 Å². The number of aromatic nitrogens is 3. The molecule has 0 aliphatic carbocycles. The Labute approximate surface area is 237 Å². The van der Waals surface area contributed by atoms with Gasteiger partial charge < -0.3 is 31.4 Å². The van der Waals surface area contributed by atoms with E-state index in [4.69, 9.17) is 16.1 Å². The Balaban J connectivity index is 1.38. The van der Waals surface area contributed by atoms with Crippen LogP contribution in [0.1, 0.15) is 22.6 Å². The zero-order valence-corrected chi connectivity index (χ0v) is 22.7. The molecule has 0 radical (unpaired) electrons. The third-order valence-electron chi connectivity index (χ3n) is 7.31. The van der Waals surface area contributed by atoms with Crippen LogP contribution in [0.5, 0.6) is 0 Å². The number of aliphatic hydroxyl groups is 1. The quantitative estimate of drug-likeness (QED) is 0.244. The largest absolute Gasteiger partial charge is 0.395 e. The van der Waals surface area contributed by atoms with Gasteiger partial charge in [0.2, 0.25) is 5.91 Å². The van der Waals surface area contributed by atoms with Crippen molar-refractivity contribution < 1.29 is 9.90 Å². The maximum atomic E-state index is 13.1. The fourth-order valence-corrected chi connectivity index (χ4v) is 5.17. The van der Waals surface area contributed by atoms with Gasteiger partial charge in [-0.25, -0.2) is 9.50 Å². The standard InChI is InChI=1S/C30H31N9O2/c1-34-16-23(14-31)22-13-24(28-25(15-32)29(33)36-39(28)18-22)21-7-8-27(35-17-21)37-9-11-38(12-10-37)30(41)26(19-40)20-5-3-2-4-6-20/h2-8,13-14,16-18,26,31,34,40H,9-12,19H2,1H3,(H2,33,36)/b23-16+,31-14?. The number of benzene rings is 1. The molecule has 1 aliphatic heterocycles. The Morgan fingerprint density at radius 2 is 1.98 bits per heavy atom. The van der Waals surface area contributed by atoms with Crippen LogP contribution in [0.25, 0.3) is 22.2 Å². The fraction of sp³-hybridized carbons (Fsp3) is 0.233. The summed E-state index contributed by atoms with van der Waals surface area (Å²) in [6, 6.07) is 17.3. The van der Waals surface area contributed by atoms with Gasteiger partial charge in [-0.05, 0) is 23.8 Å². The topological polar surface area (TPSA) is 160 Å². The summed E-state index contributed by atoms with van der Waals surface area (Å²) < 4.78 is 1.57. The number of piperazine rings is 1. The molecule has 1 atom stereocenters. The van der Waals surface area contributed by atoms with Crippen molar-refractivity contribution in [1.82, 2.24) is 24.8 Å². The molecule has 5 rings (SSSR count). The normalized spacial score (nSPS) is 14.5. The van der Waals surface area contributed by atoms with E-state index in [1.807, 2.05) is 48.5 Å². The van der Waals surface area contributed by atoms with Crippen molar-refractivity contribution in [3.05, 3.63) is 83.8 Å². The summed E-state index contributed by atoms with van der Waals surface area (Å²) in [5.74, 6) is 0.265. The smallest absolute Gasteiger partial charge is 0.232 e. The molecule has 41 heavy (non-hydrogen) atoms. The molecule has 208 valence electrons. The van der Waals surface area contributed by atoms with E-state index < -0.39 is 5.92 Å². The molecule has 3 aromatic heterocycles. The van der Waals surface area contributed by atoms with Crippen LogP contribution in [0.2, 0.25) is 0 Å². The van der Waals surface area contributed by atoms with Crippen LogP contribution in [0, 0.1) is 16.7 Å². The van der Waals surface area contributed by atoms with E-state index >= 15 is 0 Å². The summed E-state index contributed by atoms with van der Waals surface area (Å²) >= 11 is 0. The molecule has 4 aromatic rings. The molecule has 4 heterocycles. The molecule has 1 aromatic carbocycles. The summed E-state index contributed by atoms with van der Waals surface area (Å²) in [6.45, 7) is 2.04. The Hall–Kier alpha value is -5.21. The molecule has 1 aliphatic rings. The lowest BCUT2D eigenvalue weighted by Crippen LogP contribution is -2.50. The second-order valence-electron chi connectivity index (χ2n) is 9.70. The van der Waals surface area contributed by atoms with Gasteiger partial charge in [0, 0.05) is 80.3 Å². The van der Waals surface area contributed by atoms with Crippen LogP contribution in [0.3, 0.4) is 0 Å². The average molecular weight is 550 g/mol. The molecule has 0 spiro atoms. The molecule has 1 fully saturated rings. The molecule has 1 saturated heterocycles. The highest BCUT2D eigenvalue weighted by molar-refractivity contribution is 6.09. The van der Waals surface area contributed by atoms with Crippen molar-refractivity contribution in [2.45, 2.75) is 5.92 Å². The van der Waals surface area contributed by atoms with E-state index in [2.05, 4.69) is 21.4 Å². The number of nitrogen functional groups attached to an aromatic ring is 1. The van der Waals surface area contributed by atoms with Crippen LogP contribution in [0.4, 0.5) is 11.6 Å². The van der Waals surface area contributed by atoms with Crippen LogP contribution in [0.15, 0.2) is 67.1 Å². The monoisotopic (exact) mass is 549 g/mol. The molecular formula is C30H31N9O2. The summed E-state index contributed by atoms with van der Waals surface area (Å²) in [5.41, 5.74) is 10.6. The third kappa shape index (κ3) is 5.33. The summed E-state index contributed by atoms with van der Waals surface area (Å²) in [6.07, 6.45) is 6.45. The van der Waals surface area contributed by atoms with E-state index in [1.54, 1.807) is 35.1 Å². The number of nitrogens with zero attached hydrogens (tertiary/aromatic N) is 6. The molecule has 0 bridgehead atoms. The Morgan fingerprint density at radius 3 is 2.59 bits per heavy atom. The first-order valence-corrected chi connectivity index (χ1v) is 13.2. The molecular weight excluding hydrogens is 518 g/mol. The summed E-state index contributed by atoms with van der Waals surface area (Å²) in [4.78, 5) is 21.8. The number of hydrogen-bond acceptors (Lipinski definition) is 9. The maximum absolute atomic E-state index is 13.1. The van der Waals surface area contributed by atoms with Crippen molar-refractivity contribution in [2.24, 2.45) is 0 Å². The zero-order valence-electron chi connectivity index (χ0n) is 22.7. The highest BCUT2D eigenvalue weighted by Gasteiger charge is 2.28. The minimum absolute atomic E-state index is 0.0736. The van der Waals surface area contributed by atoms with Crippen LogP contribution in [-0.4, -0.2) is 76.6 Å². The number of nitriles is 1. The minimum Gasteiger partial charge on any atom is -0.395 e. The number of amides is 1. The maximum Gasteiger partial charge on any atom is 0.232 e. The predicted molar refractivity (Wildman–Crippen MR) is 158 cm³/mol. The lowest BCUT2D eigenvalue weighted by molar-refractivity contribution is -0.134. The molecule has 11 nitrogen and oxygen atoms in total. The minimum atomic E-state index is -0.570. The number of hydrogen-bond donors (Lipinski definition) is 4. The van der Waals surface area contributed by atoms with Crippen molar-refractivity contribution >= 4 is 34.8 Å². The first-order valence-electron chi connectivity index (χ1n) is 13.2. The van der Waals surface area contributed by atoms with Gasteiger partial charge in [0.05, 0.1) is 18.0 Å². The van der Waals surface area contributed by atoms with Gasteiger partial charge in [-0.1, -0.05) is 30.3 Å². The van der Waals surface area contributed by atoms with Gasteiger partial charge in [0.25, 0.3) is 0 Å². The highest BCUT2D eigenvalue weighted by atomic mass is 16.3. The Kier molecular flexibility index (Phi) is 7.94. The van der Waals surface area contributed by atoms with Gasteiger partial charge in [0.1, 0.15) is 17.5 Å². The molecule has 5 N–H and O–H groups in total. The molecule has 1 unspecified atom stereocenters. The second kappa shape index (κ2) is 11.9. The molecule has 1 amide bonds. The van der Waals surface area contributed by atoms with E-state index in [9.17, 15) is 15.2 Å². The lowest BCUT2D eigenvalue weighted by atomic mass is 9.98. The van der Waals surface area contributed by atoms with Crippen molar-refractivity contribution in [3.8, 4) is 17.2 Å². The number of nitrogens with one attached hydrogen (secondary N) is 2. The number of pyridine rings is 2. The second-order valence-corrected chi connectivity index (χ2v) is 9.70. The van der Waals surface area contributed by atoms with Gasteiger partial charge in [0.15, 0.2) is 5.82 Å². The average Bonchev–Trinajstić information content (AvgIpc) is 3.35. The zero-order chi connectivity index (χ0) is 28.9. The SMILES string of the molecule is CN/C=C(\C=N)c1cc(-c2ccc(N3CCN(C(=O)C(CO)c4ccccc4)CC3)nc2)c2c(C#N)c(N)nn2c1. The van der Waals surface area contributed by atoms with Crippen molar-refractivity contribution in [2.75, 3.05) is 50.5 Å². The number of carbonyl (C=O) groups excluding carboxylic acids is 1. The van der Waals surface area contributed by atoms with Gasteiger partial charge >= 0.3 is 0 Å². The Bertz CT molecular complexity index is 1630. The van der Waals surface area contributed by atoms with Crippen molar-refractivity contribution in [3.63, 3.8) is 0 Å². The number of rotatable bonds is 8. The van der Waals surface area contributed by atoms with E-state index in [0.717, 1.165) is 28.1 Å². The first kappa shape index (κ1) is 27.4. The highest BCUT2D eigenvalue weighted by Crippen LogP contribution is 2.32. The number of nitrogens with two attached hydrogens (primary N) is 1. The third-order valence-corrected chi connectivity index (χ3v) is 7.31. The van der Waals surface area contributed by atoms with Gasteiger partial charge in [-0.2, -0.15) is 5.26 Å².